The van der Waals surface area contributed by atoms with Crippen LogP contribution in [0.3, 0.4) is 0 Å². The highest BCUT2D eigenvalue weighted by Gasteiger charge is 2.39. The molecule has 0 aliphatic carbocycles. The van der Waals surface area contributed by atoms with E-state index in [0.717, 1.165) is 23.4 Å². The molecule has 7 heteroatoms. The summed E-state index contributed by atoms with van der Waals surface area (Å²) in [5.41, 5.74) is 3.04. The van der Waals surface area contributed by atoms with E-state index in [9.17, 15) is 9.59 Å². The molecule has 1 saturated heterocycles. The molecule has 1 atom stereocenters. The molecule has 0 spiro atoms. The van der Waals surface area contributed by atoms with E-state index in [0.29, 0.717) is 17.9 Å². The Morgan fingerprint density at radius 3 is 2.38 bits per heavy atom. The highest BCUT2D eigenvalue weighted by Crippen LogP contribution is 2.26. The minimum Gasteiger partial charge on any atom is -0.497 e. The number of azo groups is 1. The van der Waals surface area contributed by atoms with Gasteiger partial charge in [0.1, 0.15) is 5.75 Å². The molecule has 7 nitrogen and oxygen atoms in total. The van der Waals surface area contributed by atoms with Gasteiger partial charge < -0.3 is 10.1 Å². The molecular weight excluding hydrogens is 404 g/mol. The van der Waals surface area contributed by atoms with Crippen LogP contribution < -0.4 is 15.0 Å². The van der Waals surface area contributed by atoms with E-state index in [1.165, 1.54) is 4.90 Å². The van der Waals surface area contributed by atoms with Crippen molar-refractivity contribution in [1.29, 1.82) is 0 Å². The third-order valence-electron chi connectivity index (χ3n) is 5.23. The summed E-state index contributed by atoms with van der Waals surface area (Å²) in [6.07, 6.45) is 0.878. The summed E-state index contributed by atoms with van der Waals surface area (Å²) >= 11 is 0. The van der Waals surface area contributed by atoms with Crippen molar-refractivity contribution in [3.63, 3.8) is 0 Å². The van der Waals surface area contributed by atoms with Crippen molar-refractivity contribution in [3.05, 3.63) is 84.4 Å². The molecule has 0 unspecified atom stereocenters. The first-order chi connectivity index (χ1) is 15.6. The maximum Gasteiger partial charge on any atom is 0.251 e. The van der Waals surface area contributed by atoms with E-state index in [4.69, 9.17) is 4.74 Å². The molecule has 1 heterocycles. The monoisotopic (exact) mass is 428 g/mol. The molecule has 1 N–H and O–H groups in total. The first kappa shape index (κ1) is 21.4. The lowest BCUT2D eigenvalue weighted by Gasteiger charge is -2.15. The van der Waals surface area contributed by atoms with Gasteiger partial charge in [-0.25, -0.2) is 4.90 Å². The van der Waals surface area contributed by atoms with E-state index in [2.05, 4.69) is 15.5 Å². The fourth-order valence-electron chi connectivity index (χ4n) is 3.56. The first-order valence-electron chi connectivity index (χ1n) is 10.4. The Morgan fingerprint density at radius 1 is 0.938 bits per heavy atom. The zero-order chi connectivity index (χ0) is 22.3. The number of anilines is 1. The Morgan fingerprint density at radius 2 is 1.66 bits per heavy atom. The third kappa shape index (κ3) is 5.07. The van der Waals surface area contributed by atoms with E-state index >= 15 is 0 Å². The van der Waals surface area contributed by atoms with Crippen molar-refractivity contribution in [1.82, 2.24) is 5.32 Å². The van der Waals surface area contributed by atoms with Crippen LogP contribution >= 0.6 is 0 Å². The van der Waals surface area contributed by atoms with Crippen LogP contribution in [-0.4, -0.2) is 31.5 Å². The van der Waals surface area contributed by atoms with Crippen molar-refractivity contribution >= 4 is 28.9 Å². The number of methoxy groups -OCH3 is 1. The van der Waals surface area contributed by atoms with Gasteiger partial charge in [0.2, 0.25) is 5.91 Å². The molecule has 1 fully saturated rings. The molecule has 2 amide bonds. The predicted octanol–water partition coefficient (Wildman–Crippen LogP) is 4.57. The molecule has 0 radical (unpaired) electrons. The maximum absolute atomic E-state index is 12.8. The van der Waals surface area contributed by atoms with Crippen LogP contribution in [-0.2, 0) is 16.0 Å². The normalized spacial score (nSPS) is 16.2. The van der Waals surface area contributed by atoms with E-state index in [-0.39, 0.29) is 18.2 Å². The number of nitrogens with one attached hydrogen (secondary N) is 1. The second kappa shape index (κ2) is 9.98. The van der Waals surface area contributed by atoms with Crippen molar-refractivity contribution < 1.29 is 14.3 Å². The Bertz CT molecular complexity index is 1110. The van der Waals surface area contributed by atoms with Crippen LogP contribution in [0.25, 0.3) is 0 Å². The van der Waals surface area contributed by atoms with Gasteiger partial charge in [-0.05, 0) is 67.1 Å². The first-order valence-corrected chi connectivity index (χ1v) is 10.4. The number of hydrogen-bond acceptors (Lipinski definition) is 6. The SMILES string of the molecule is COc1cccc(CCN[C@H]2CC(=O)N(c3ccc(N=Nc4ccccc4)cc3)C2=O)c1. The Kier molecular flexibility index (Phi) is 6.67. The summed E-state index contributed by atoms with van der Waals surface area (Å²) < 4.78 is 5.24. The highest BCUT2D eigenvalue weighted by atomic mass is 16.5. The Hall–Kier alpha value is -3.84. The van der Waals surface area contributed by atoms with Crippen LogP contribution in [0.1, 0.15) is 12.0 Å². The summed E-state index contributed by atoms with van der Waals surface area (Å²) in [5, 5.41) is 11.6. The largest absolute Gasteiger partial charge is 0.497 e. The lowest BCUT2D eigenvalue weighted by atomic mass is 10.1. The lowest BCUT2D eigenvalue weighted by molar-refractivity contribution is -0.121. The Labute approximate surface area is 186 Å². The number of benzene rings is 3. The number of rotatable bonds is 8. The summed E-state index contributed by atoms with van der Waals surface area (Å²) in [6.45, 7) is 0.587. The van der Waals surface area contributed by atoms with Crippen LogP contribution in [0.2, 0.25) is 0 Å². The van der Waals surface area contributed by atoms with Gasteiger partial charge in [-0.2, -0.15) is 10.2 Å². The minimum absolute atomic E-state index is 0.145. The zero-order valence-corrected chi connectivity index (χ0v) is 17.8. The number of ether oxygens (including phenoxy) is 1. The second-order valence-electron chi connectivity index (χ2n) is 7.43. The van der Waals surface area contributed by atoms with Crippen molar-refractivity contribution in [2.45, 2.75) is 18.9 Å². The number of carbonyl (C=O) groups is 2. The number of carbonyl (C=O) groups excluding carboxylic acids is 2. The zero-order valence-electron chi connectivity index (χ0n) is 17.8. The maximum atomic E-state index is 12.8. The van der Waals surface area contributed by atoms with Gasteiger partial charge in [-0.15, -0.1) is 0 Å². The standard InChI is InChI=1S/C25H24N4O3/c1-32-22-9-5-6-18(16-22)14-15-26-23-17-24(30)29(25(23)31)21-12-10-20(11-13-21)28-27-19-7-3-2-4-8-19/h2-13,16,23,26H,14-15,17H2,1H3/t23-/m0/s1. The average Bonchev–Trinajstić information content (AvgIpc) is 3.11. The van der Waals surface area contributed by atoms with Gasteiger partial charge in [-0.1, -0.05) is 30.3 Å². The van der Waals surface area contributed by atoms with Gasteiger partial charge in [0, 0.05) is 0 Å². The van der Waals surface area contributed by atoms with Crippen molar-refractivity contribution in [2.75, 3.05) is 18.6 Å². The summed E-state index contributed by atoms with van der Waals surface area (Å²) in [7, 11) is 1.63. The number of nitrogens with zero attached hydrogens (tertiary/aromatic N) is 3. The quantitative estimate of drug-likeness (QED) is 0.421. The highest BCUT2D eigenvalue weighted by molar-refractivity contribution is 6.22. The molecule has 0 bridgehead atoms. The number of imide groups is 1. The fourth-order valence-corrected chi connectivity index (χ4v) is 3.56. The summed E-state index contributed by atoms with van der Waals surface area (Å²) in [5.74, 6) is 0.347. The van der Waals surface area contributed by atoms with Gasteiger partial charge >= 0.3 is 0 Å². The molecule has 0 saturated carbocycles. The Balaban J connectivity index is 1.35. The van der Waals surface area contributed by atoms with Crippen LogP contribution in [0.15, 0.2) is 89.1 Å². The lowest BCUT2D eigenvalue weighted by Crippen LogP contribution is -2.39. The molecule has 32 heavy (non-hydrogen) atoms. The molecule has 162 valence electrons. The molecule has 3 aromatic rings. The fraction of sp³-hybridized carbons (Fsp3) is 0.200. The van der Waals surface area contributed by atoms with Gasteiger partial charge in [0.15, 0.2) is 0 Å². The third-order valence-corrected chi connectivity index (χ3v) is 5.23. The molecule has 4 rings (SSSR count). The molecule has 0 aromatic heterocycles. The number of amides is 2. The molecular formula is C25H24N4O3. The predicted molar refractivity (Wildman–Crippen MR) is 123 cm³/mol. The van der Waals surface area contributed by atoms with E-state index < -0.39 is 6.04 Å². The average molecular weight is 428 g/mol. The number of hydrogen-bond donors (Lipinski definition) is 1. The van der Waals surface area contributed by atoms with Crippen LogP contribution in [0.4, 0.5) is 17.1 Å². The minimum atomic E-state index is -0.523. The van der Waals surface area contributed by atoms with Gasteiger partial charge in [0.25, 0.3) is 5.91 Å². The summed E-state index contributed by atoms with van der Waals surface area (Å²) in [6, 6.07) is 23.6. The molecule has 1 aliphatic heterocycles. The summed E-state index contributed by atoms with van der Waals surface area (Å²) in [4.78, 5) is 26.6. The van der Waals surface area contributed by atoms with Gasteiger partial charge in [-0.3, -0.25) is 9.59 Å². The van der Waals surface area contributed by atoms with Crippen LogP contribution in [0.5, 0.6) is 5.75 Å². The van der Waals surface area contributed by atoms with E-state index in [1.54, 1.807) is 31.4 Å². The van der Waals surface area contributed by atoms with Crippen molar-refractivity contribution in [3.8, 4) is 5.75 Å². The van der Waals surface area contributed by atoms with Gasteiger partial charge in [0.05, 0.1) is 36.6 Å². The molecule has 1 aliphatic rings. The smallest absolute Gasteiger partial charge is 0.251 e. The topological polar surface area (TPSA) is 83.4 Å². The molecule has 3 aromatic carbocycles. The van der Waals surface area contributed by atoms with E-state index in [1.807, 2.05) is 54.6 Å². The van der Waals surface area contributed by atoms with Crippen LogP contribution in [0, 0.1) is 0 Å². The second-order valence-corrected chi connectivity index (χ2v) is 7.43. The van der Waals surface area contributed by atoms with Crippen molar-refractivity contribution in [2.24, 2.45) is 10.2 Å².